The zero-order valence-electron chi connectivity index (χ0n) is 15.4. The van der Waals surface area contributed by atoms with Crippen molar-refractivity contribution < 1.29 is 9.53 Å². The monoisotopic (exact) mass is 378 g/mol. The summed E-state index contributed by atoms with van der Waals surface area (Å²) in [6.07, 6.45) is 10.7. The zero-order valence-corrected chi connectivity index (χ0v) is 15.4. The number of carbonyl (C=O) groups excluding carboxylic acids is 1. The SMILES string of the molecule is O=C(Nc1cccnc1-n1cccn1)N(Cc1cccnc1)C[C@H]1CCCO1. The van der Waals surface area contributed by atoms with Gasteiger partial charge in [0.25, 0.3) is 0 Å². The molecule has 8 nitrogen and oxygen atoms in total. The Balaban J connectivity index is 1.53. The first-order chi connectivity index (χ1) is 13.8. The van der Waals surface area contributed by atoms with Crippen LogP contribution < -0.4 is 5.32 Å². The molecule has 1 aliphatic heterocycles. The van der Waals surface area contributed by atoms with Crippen molar-refractivity contribution in [1.29, 1.82) is 0 Å². The molecule has 1 fully saturated rings. The second kappa shape index (κ2) is 8.62. The van der Waals surface area contributed by atoms with Crippen molar-refractivity contribution in [2.24, 2.45) is 0 Å². The van der Waals surface area contributed by atoms with Crippen LogP contribution >= 0.6 is 0 Å². The summed E-state index contributed by atoms with van der Waals surface area (Å²) in [7, 11) is 0. The van der Waals surface area contributed by atoms with Gasteiger partial charge in [-0.2, -0.15) is 5.10 Å². The number of nitrogens with zero attached hydrogens (tertiary/aromatic N) is 5. The molecule has 3 aromatic rings. The highest BCUT2D eigenvalue weighted by molar-refractivity contribution is 5.91. The van der Waals surface area contributed by atoms with E-state index >= 15 is 0 Å². The third-order valence-electron chi connectivity index (χ3n) is 4.58. The summed E-state index contributed by atoms with van der Waals surface area (Å²) in [6.45, 7) is 1.73. The molecule has 0 saturated carbocycles. The fourth-order valence-corrected chi connectivity index (χ4v) is 3.23. The molecule has 144 valence electrons. The summed E-state index contributed by atoms with van der Waals surface area (Å²) in [4.78, 5) is 23.4. The summed E-state index contributed by atoms with van der Waals surface area (Å²) in [5.74, 6) is 0.569. The standard InChI is InChI=1S/C20H22N6O2/c27-20(24-18-7-2-9-22-19(18)26-11-4-10-23-26)25(15-17-6-3-12-28-17)14-16-5-1-8-21-13-16/h1-2,4-5,7-11,13,17H,3,6,12,14-15H2,(H,24,27)/t17-/m1/s1. The van der Waals surface area contributed by atoms with Gasteiger partial charge in [0.05, 0.1) is 11.8 Å². The number of aromatic nitrogens is 4. The largest absolute Gasteiger partial charge is 0.376 e. The van der Waals surface area contributed by atoms with Crippen LogP contribution in [0.5, 0.6) is 0 Å². The second-order valence-corrected chi connectivity index (χ2v) is 6.63. The molecule has 1 atom stereocenters. The van der Waals surface area contributed by atoms with Crippen LogP contribution in [0.25, 0.3) is 5.82 Å². The van der Waals surface area contributed by atoms with Crippen molar-refractivity contribution in [3.8, 4) is 5.82 Å². The molecule has 3 aromatic heterocycles. The topological polar surface area (TPSA) is 85.2 Å². The van der Waals surface area contributed by atoms with E-state index in [1.807, 2.05) is 24.3 Å². The van der Waals surface area contributed by atoms with E-state index in [4.69, 9.17) is 4.74 Å². The average Bonchev–Trinajstić information content (AvgIpc) is 3.43. The molecule has 28 heavy (non-hydrogen) atoms. The molecule has 2 amide bonds. The summed E-state index contributed by atoms with van der Waals surface area (Å²) < 4.78 is 7.37. The van der Waals surface area contributed by atoms with Gasteiger partial charge in [0, 0.05) is 50.7 Å². The van der Waals surface area contributed by atoms with Gasteiger partial charge < -0.3 is 15.0 Å². The number of hydrogen-bond donors (Lipinski definition) is 1. The summed E-state index contributed by atoms with van der Waals surface area (Å²) in [5, 5.41) is 7.19. The third-order valence-corrected chi connectivity index (χ3v) is 4.58. The zero-order chi connectivity index (χ0) is 19.2. The molecule has 0 spiro atoms. The minimum Gasteiger partial charge on any atom is -0.376 e. The van der Waals surface area contributed by atoms with Gasteiger partial charge in [-0.1, -0.05) is 6.07 Å². The van der Waals surface area contributed by atoms with Gasteiger partial charge >= 0.3 is 6.03 Å². The van der Waals surface area contributed by atoms with Crippen molar-refractivity contribution in [2.45, 2.75) is 25.5 Å². The van der Waals surface area contributed by atoms with Crippen molar-refractivity contribution in [2.75, 3.05) is 18.5 Å². The molecule has 1 saturated heterocycles. The van der Waals surface area contributed by atoms with E-state index in [0.717, 1.165) is 25.0 Å². The lowest BCUT2D eigenvalue weighted by Gasteiger charge is -2.26. The fraction of sp³-hybridized carbons (Fsp3) is 0.300. The van der Waals surface area contributed by atoms with Crippen LogP contribution in [0.3, 0.4) is 0 Å². The Morgan fingerprint density at radius 2 is 2.18 bits per heavy atom. The van der Waals surface area contributed by atoms with Gasteiger partial charge in [0.1, 0.15) is 0 Å². The van der Waals surface area contributed by atoms with E-state index in [0.29, 0.717) is 24.6 Å². The summed E-state index contributed by atoms with van der Waals surface area (Å²) in [6, 6.07) is 9.04. The summed E-state index contributed by atoms with van der Waals surface area (Å²) >= 11 is 0. The number of anilines is 1. The lowest BCUT2D eigenvalue weighted by atomic mass is 10.2. The predicted octanol–water partition coefficient (Wildman–Crippen LogP) is 2.88. The molecule has 4 rings (SSSR count). The molecule has 0 aromatic carbocycles. The summed E-state index contributed by atoms with van der Waals surface area (Å²) in [5.41, 5.74) is 1.56. The van der Waals surface area contributed by atoms with Gasteiger partial charge in [0.2, 0.25) is 0 Å². The van der Waals surface area contributed by atoms with Crippen molar-refractivity contribution >= 4 is 11.7 Å². The molecule has 4 heterocycles. The van der Waals surface area contributed by atoms with Crippen LogP contribution in [-0.2, 0) is 11.3 Å². The van der Waals surface area contributed by atoms with E-state index in [2.05, 4.69) is 20.4 Å². The first-order valence-electron chi connectivity index (χ1n) is 9.31. The molecule has 0 aliphatic carbocycles. The molecule has 0 unspecified atom stereocenters. The third kappa shape index (κ3) is 4.34. The molecule has 8 heteroatoms. The van der Waals surface area contributed by atoms with Gasteiger partial charge in [0.15, 0.2) is 5.82 Å². The average molecular weight is 378 g/mol. The maximum absolute atomic E-state index is 13.1. The Labute approximate surface area is 163 Å². The molecular formula is C20H22N6O2. The number of nitrogens with one attached hydrogen (secondary N) is 1. The maximum atomic E-state index is 13.1. The smallest absolute Gasteiger partial charge is 0.322 e. The lowest BCUT2D eigenvalue weighted by molar-refractivity contribution is 0.0819. The van der Waals surface area contributed by atoms with Gasteiger partial charge in [-0.25, -0.2) is 14.5 Å². The van der Waals surface area contributed by atoms with Crippen molar-refractivity contribution in [3.63, 3.8) is 0 Å². The van der Waals surface area contributed by atoms with E-state index in [1.165, 1.54) is 0 Å². The normalized spacial score (nSPS) is 16.1. The van der Waals surface area contributed by atoms with Crippen molar-refractivity contribution in [3.05, 3.63) is 66.9 Å². The number of rotatable bonds is 6. The van der Waals surface area contributed by atoms with E-state index in [-0.39, 0.29) is 12.1 Å². The fourth-order valence-electron chi connectivity index (χ4n) is 3.23. The van der Waals surface area contributed by atoms with Crippen LogP contribution in [-0.4, -0.2) is 49.9 Å². The number of urea groups is 1. The highest BCUT2D eigenvalue weighted by atomic mass is 16.5. The Bertz CT molecular complexity index is 894. The van der Waals surface area contributed by atoms with E-state index < -0.39 is 0 Å². The molecule has 0 radical (unpaired) electrons. The first kappa shape index (κ1) is 18.1. The molecular weight excluding hydrogens is 356 g/mol. The highest BCUT2D eigenvalue weighted by Gasteiger charge is 2.23. The first-order valence-corrected chi connectivity index (χ1v) is 9.31. The number of hydrogen-bond acceptors (Lipinski definition) is 5. The Morgan fingerprint density at radius 3 is 2.93 bits per heavy atom. The Morgan fingerprint density at radius 1 is 1.25 bits per heavy atom. The number of carbonyl (C=O) groups is 1. The van der Waals surface area contributed by atoms with Gasteiger partial charge in [-0.05, 0) is 42.7 Å². The minimum atomic E-state index is -0.208. The van der Waals surface area contributed by atoms with Crippen LogP contribution in [0.2, 0.25) is 0 Å². The minimum absolute atomic E-state index is 0.0573. The predicted molar refractivity (Wildman–Crippen MR) is 104 cm³/mol. The molecule has 1 aliphatic rings. The number of amides is 2. The van der Waals surface area contributed by atoms with Crippen LogP contribution in [0.15, 0.2) is 61.3 Å². The van der Waals surface area contributed by atoms with Gasteiger partial charge in [-0.3, -0.25) is 4.98 Å². The van der Waals surface area contributed by atoms with Crippen LogP contribution in [0.4, 0.5) is 10.5 Å². The lowest BCUT2D eigenvalue weighted by Crippen LogP contribution is -2.39. The highest BCUT2D eigenvalue weighted by Crippen LogP contribution is 2.19. The van der Waals surface area contributed by atoms with Crippen molar-refractivity contribution in [1.82, 2.24) is 24.6 Å². The van der Waals surface area contributed by atoms with E-state index in [9.17, 15) is 4.79 Å². The molecule has 1 N–H and O–H groups in total. The quantitative estimate of drug-likeness (QED) is 0.713. The van der Waals surface area contributed by atoms with E-state index in [1.54, 1.807) is 46.6 Å². The number of ether oxygens (including phenoxy) is 1. The second-order valence-electron chi connectivity index (χ2n) is 6.63. The Hall–Kier alpha value is -3.26. The van der Waals surface area contributed by atoms with Crippen LogP contribution in [0, 0.1) is 0 Å². The van der Waals surface area contributed by atoms with Gasteiger partial charge in [-0.15, -0.1) is 0 Å². The van der Waals surface area contributed by atoms with Crippen LogP contribution in [0.1, 0.15) is 18.4 Å². The molecule has 0 bridgehead atoms. The number of pyridine rings is 2. The maximum Gasteiger partial charge on any atom is 0.322 e. The Kier molecular flexibility index (Phi) is 5.58.